The van der Waals surface area contributed by atoms with Crippen LogP contribution in [-0.2, 0) is 6.54 Å². The van der Waals surface area contributed by atoms with Gasteiger partial charge in [-0.1, -0.05) is 29.3 Å². The van der Waals surface area contributed by atoms with Crippen LogP contribution in [0.1, 0.15) is 16.7 Å². The zero-order chi connectivity index (χ0) is 17.7. The van der Waals surface area contributed by atoms with Gasteiger partial charge >= 0.3 is 11.5 Å². The van der Waals surface area contributed by atoms with E-state index in [4.69, 9.17) is 0 Å². The summed E-state index contributed by atoms with van der Waals surface area (Å²) in [6.45, 7) is 4.34. The highest BCUT2D eigenvalue weighted by Crippen LogP contribution is 2.36. The lowest BCUT2D eigenvalue weighted by Gasteiger charge is -2.10. The number of halogens is 3. The SMILES string of the molecule is Cc1cc(C)cc(CNC(=O)Nc2ccc(SC(F)(F)F)cc2)c1. The summed E-state index contributed by atoms with van der Waals surface area (Å²) in [6, 6.07) is 11.1. The summed E-state index contributed by atoms with van der Waals surface area (Å²) in [5, 5.41) is 5.31. The van der Waals surface area contributed by atoms with Crippen LogP contribution in [0.4, 0.5) is 23.7 Å². The van der Waals surface area contributed by atoms with Crippen LogP contribution in [0.3, 0.4) is 0 Å². The van der Waals surface area contributed by atoms with Crippen molar-refractivity contribution < 1.29 is 18.0 Å². The van der Waals surface area contributed by atoms with Crippen molar-refractivity contribution >= 4 is 23.5 Å². The van der Waals surface area contributed by atoms with E-state index < -0.39 is 11.5 Å². The Morgan fingerprint density at radius 2 is 1.62 bits per heavy atom. The molecular weight excluding hydrogens is 337 g/mol. The Labute approximate surface area is 142 Å². The monoisotopic (exact) mass is 354 g/mol. The lowest BCUT2D eigenvalue weighted by molar-refractivity contribution is -0.0328. The second-order valence-corrected chi connectivity index (χ2v) is 6.51. The Hall–Kier alpha value is -2.15. The molecule has 24 heavy (non-hydrogen) atoms. The van der Waals surface area contributed by atoms with Crippen LogP contribution in [0.25, 0.3) is 0 Å². The molecule has 0 radical (unpaired) electrons. The van der Waals surface area contributed by atoms with Crippen molar-refractivity contribution in [2.45, 2.75) is 30.8 Å². The van der Waals surface area contributed by atoms with Crippen molar-refractivity contribution in [3.63, 3.8) is 0 Å². The molecule has 2 amide bonds. The van der Waals surface area contributed by atoms with E-state index in [1.807, 2.05) is 32.0 Å². The van der Waals surface area contributed by atoms with Gasteiger partial charge in [0.05, 0.1) is 0 Å². The molecule has 0 unspecified atom stereocenters. The first-order valence-corrected chi connectivity index (χ1v) is 8.01. The minimum absolute atomic E-state index is 0.0729. The number of carbonyl (C=O) groups excluding carboxylic acids is 1. The average Bonchev–Trinajstić information content (AvgIpc) is 2.45. The maximum absolute atomic E-state index is 12.3. The largest absolute Gasteiger partial charge is 0.446 e. The third kappa shape index (κ3) is 6.16. The fourth-order valence-electron chi connectivity index (χ4n) is 2.27. The normalized spacial score (nSPS) is 11.2. The predicted molar refractivity (Wildman–Crippen MR) is 90.1 cm³/mol. The fourth-order valence-corrected chi connectivity index (χ4v) is 2.81. The van der Waals surface area contributed by atoms with Gasteiger partial charge in [0.15, 0.2) is 0 Å². The number of amides is 2. The fraction of sp³-hybridized carbons (Fsp3) is 0.235. The van der Waals surface area contributed by atoms with E-state index in [2.05, 4.69) is 10.6 Å². The number of benzene rings is 2. The standard InChI is InChI=1S/C17H17F3N2OS/c1-11-7-12(2)9-13(8-11)10-21-16(23)22-14-3-5-15(6-4-14)24-17(18,19)20/h3-9H,10H2,1-2H3,(H2,21,22,23). The van der Waals surface area contributed by atoms with Gasteiger partial charge in [-0.2, -0.15) is 13.2 Å². The summed E-state index contributed by atoms with van der Waals surface area (Å²) in [6.07, 6.45) is 0. The average molecular weight is 354 g/mol. The molecule has 0 bridgehead atoms. The molecule has 0 saturated carbocycles. The number of aryl methyl sites for hydroxylation is 2. The quantitative estimate of drug-likeness (QED) is 0.738. The van der Waals surface area contributed by atoms with Crippen LogP contribution < -0.4 is 10.6 Å². The van der Waals surface area contributed by atoms with Gasteiger partial charge in [-0.25, -0.2) is 4.79 Å². The minimum Gasteiger partial charge on any atom is -0.334 e. The van der Waals surface area contributed by atoms with E-state index in [-0.39, 0.29) is 16.7 Å². The summed E-state index contributed by atoms with van der Waals surface area (Å²) in [5.74, 6) is 0. The van der Waals surface area contributed by atoms with Crippen LogP contribution in [-0.4, -0.2) is 11.5 Å². The molecule has 2 N–H and O–H groups in total. The van der Waals surface area contributed by atoms with E-state index >= 15 is 0 Å². The number of carbonyl (C=O) groups is 1. The van der Waals surface area contributed by atoms with Gasteiger partial charge in [-0.05, 0) is 55.4 Å². The van der Waals surface area contributed by atoms with Gasteiger partial charge < -0.3 is 10.6 Å². The minimum atomic E-state index is -4.32. The Balaban J connectivity index is 1.88. The predicted octanol–water partition coefficient (Wildman–Crippen LogP) is 5.24. The van der Waals surface area contributed by atoms with Gasteiger partial charge in [-0.15, -0.1) is 0 Å². The Morgan fingerprint density at radius 1 is 1.04 bits per heavy atom. The highest BCUT2D eigenvalue weighted by atomic mass is 32.2. The molecule has 0 fully saturated rings. The summed E-state index contributed by atoms with van der Waals surface area (Å²) in [4.78, 5) is 11.9. The van der Waals surface area contributed by atoms with Gasteiger partial charge in [-0.3, -0.25) is 0 Å². The van der Waals surface area contributed by atoms with Gasteiger partial charge in [0.1, 0.15) is 0 Å². The Bertz CT molecular complexity index is 695. The molecule has 0 heterocycles. The Kier molecular flexibility index (Phi) is 5.77. The molecule has 0 aromatic heterocycles. The van der Waals surface area contributed by atoms with E-state index in [1.54, 1.807) is 0 Å². The van der Waals surface area contributed by atoms with Crippen molar-refractivity contribution in [3.8, 4) is 0 Å². The topological polar surface area (TPSA) is 41.1 Å². The van der Waals surface area contributed by atoms with Crippen molar-refractivity contribution in [1.82, 2.24) is 5.32 Å². The van der Waals surface area contributed by atoms with Gasteiger partial charge in [0.25, 0.3) is 0 Å². The number of hydrogen-bond donors (Lipinski definition) is 2. The number of hydrogen-bond acceptors (Lipinski definition) is 2. The van der Waals surface area contributed by atoms with Crippen LogP contribution in [0.2, 0.25) is 0 Å². The van der Waals surface area contributed by atoms with Crippen molar-refractivity contribution in [2.75, 3.05) is 5.32 Å². The van der Waals surface area contributed by atoms with Gasteiger partial charge in [0, 0.05) is 17.1 Å². The molecule has 0 aliphatic rings. The highest BCUT2D eigenvalue weighted by molar-refractivity contribution is 8.00. The highest BCUT2D eigenvalue weighted by Gasteiger charge is 2.28. The van der Waals surface area contributed by atoms with E-state index in [9.17, 15) is 18.0 Å². The van der Waals surface area contributed by atoms with Crippen LogP contribution in [0, 0.1) is 13.8 Å². The molecule has 0 saturated heterocycles. The molecule has 7 heteroatoms. The third-order valence-electron chi connectivity index (χ3n) is 3.08. The maximum atomic E-state index is 12.3. The molecule has 2 aromatic rings. The summed E-state index contributed by atoms with van der Waals surface area (Å²) in [7, 11) is 0. The number of rotatable bonds is 4. The molecule has 3 nitrogen and oxygen atoms in total. The first-order valence-electron chi connectivity index (χ1n) is 7.19. The zero-order valence-electron chi connectivity index (χ0n) is 13.2. The first-order chi connectivity index (χ1) is 11.2. The zero-order valence-corrected chi connectivity index (χ0v) is 14.0. The van der Waals surface area contributed by atoms with Crippen molar-refractivity contribution in [2.24, 2.45) is 0 Å². The van der Waals surface area contributed by atoms with E-state index in [0.29, 0.717) is 12.2 Å². The number of thioether (sulfide) groups is 1. The summed E-state index contributed by atoms with van der Waals surface area (Å²) in [5.41, 5.74) is -0.674. The summed E-state index contributed by atoms with van der Waals surface area (Å²) < 4.78 is 36.8. The van der Waals surface area contributed by atoms with E-state index in [0.717, 1.165) is 16.7 Å². The second kappa shape index (κ2) is 7.61. The summed E-state index contributed by atoms with van der Waals surface area (Å²) >= 11 is -0.190. The third-order valence-corrected chi connectivity index (χ3v) is 3.82. The molecule has 2 aromatic carbocycles. The molecule has 0 aliphatic heterocycles. The molecule has 2 rings (SSSR count). The van der Waals surface area contributed by atoms with Crippen LogP contribution in [0.5, 0.6) is 0 Å². The lowest BCUT2D eigenvalue weighted by atomic mass is 10.1. The van der Waals surface area contributed by atoms with Crippen molar-refractivity contribution in [3.05, 3.63) is 59.2 Å². The second-order valence-electron chi connectivity index (χ2n) is 5.38. The van der Waals surface area contributed by atoms with Crippen LogP contribution in [0.15, 0.2) is 47.4 Å². The number of nitrogens with one attached hydrogen (secondary N) is 2. The Morgan fingerprint density at radius 3 is 2.17 bits per heavy atom. The number of urea groups is 1. The van der Waals surface area contributed by atoms with Crippen LogP contribution >= 0.6 is 11.8 Å². The molecule has 0 spiro atoms. The van der Waals surface area contributed by atoms with Crippen molar-refractivity contribution in [1.29, 1.82) is 0 Å². The first kappa shape index (κ1) is 18.2. The molecule has 0 aliphatic carbocycles. The number of anilines is 1. The maximum Gasteiger partial charge on any atom is 0.446 e. The van der Waals surface area contributed by atoms with E-state index in [1.165, 1.54) is 24.3 Å². The number of alkyl halides is 3. The lowest BCUT2D eigenvalue weighted by Crippen LogP contribution is -2.28. The molecule has 128 valence electrons. The smallest absolute Gasteiger partial charge is 0.334 e. The molecular formula is C17H17F3N2OS. The van der Waals surface area contributed by atoms with Gasteiger partial charge in [0.2, 0.25) is 0 Å². The molecule has 0 atom stereocenters.